The highest BCUT2D eigenvalue weighted by Gasteiger charge is 2.40. The van der Waals surface area contributed by atoms with Gasteiger partial charge in [0.2, 0.25) is 0 Å². The number of likely N-dealkylation sites (N-methyl/N-ethyl adjacent to an activating group) is 1. The maximum absolute atomic E-state index is 13.9. The minimum absolute atomic E-state index is 0.208. The van der Waals surface area contributed by atoms with Crippen molar-refractivity contribution in [3.8, 4) is 5.75 Å². The van der Waals surface area contributed by atoms with Gasteiger partial charge in [-0.2, -0.15) is 0 Å². The number of carbonyl (C=O) groups excluding carboxylic acids is 2. The molecule has 190 valence electrons. The molecule has 6 nitrogen and oxygen atoms in total. The van der Waals surface area contributed by atoms with Crippen LogP contribution in [0.25, 0.3) is 0 Å². The van der Waals surface area contributed by atoms with Crippen molar-refractivity contribution in [3.05, 3.63) is 75.5 Å². The molecule has 36 heavy (non-hydrogen) atoms. The van der Waals surface area contributed by atoms with Gasteiger partial charge in [-0.3, -0.25) is 9.59 Å². The van der Waals surface area contributed by atoms with E-state index in [4.69, 9.17) is 9.47 Å². The lowest BCUT2D eigenvalue weighted by Gasteiger charge is -2.28. The number of hydrogen-bond donors (Lipinski definition) is 0. The summed E-state index contributed by atoms with van der Waals surface area (Å²) in [6.45, 7) is 4.65. The summed E-state index contributed by atoms with van der Waals surface area (Å²) in [5, 5.41) is -0.394. The zero-order valence-electron chi connectivity index (χ0n) is 21.3. The van der Waals surface area contributed by atoms with E-state index < -0.39 is 17.3 Å². The van der Waals surface area contributed by atoms with Gasteiger partial charge >= 0.3 is 5.97 Å². The number of benzene rings is 2. The van der Waals surface area contributed by atoms with Gasteiger partial charge in [-0.25, -0.2) is 0 Å². The van der Waals surface area contributed by atoms with Gasteiger partial charge in [0.05, 0.1) is 18.0 Å². The van der Waals surface area contributed by atoms with Crippen molar-refractivity contribution in [1.82, 2.24) is 4.90 Å². The second-order valence-corrected chi connectivity index (χ2v) is 11.7. The first-order valence-electron chi connectivity index (χ1n) is 11.9. The van der Waals surface area contributed by atoms with E-state index >= 15 is 0 Å². The summed E-state index contributed by atoms with van der Waals surface area (Å²) >= 11 is 3.37. The number of thiophene rings is 1. The Hall–Kier alpha value is -2.81. The number of fused-ring (bicyclic) bond motifs is 1. The Kier molecular flexibility index (Phi) is 8.39. The first-order chi connectivity index (χ1) is 17.2. The molecule has 1 amide bonds. The summed E-state index contributed by atoms with van der Waals surface area (Å²) < 4.78 is 11.0. The summed E-state index contributed by atoms with van der Waals surface area (Å²) in [5.74, 6) is 0.0507. The third kappa shape index (κ3) is 6.11. The third-order valence-electron chi connectivity index (χ3n) is 6.04. The average molecular weight is 525 g/mol. The first kappa shape index (κ1) is 26.3. The van der Waals surface area contributed by atoms with Crippen LogP contribution in [-0.4, -0.2) is 57.2 Å². The van der Waals surface area contributed by atoms with Gasteiger partial charge in [0.1, 0.15) is 5.75 Å². The molecule has 4 rings (SSSR count). The van der Waals surface area contributed by atoms with E-state index in [1.54, 1.807) is 35.1 Å². The van der Waals surface area contributed by atoms with Crippen molar-refractivity contribution >= 4 is 40.7 Å². The number of aryl methyl sites for hydroxylation is 1. The topological polar surface area (TPSA) is 59.1 Å². The molecular formula is C28H32N2O4S2. The molecule has 8 heteroatoms. The minimum atomic E-state index is -0.946. The molecule has 0 radical (unpaired) electrons. The number of carbonyl (C=O) groups is 2. The van der Waals surface area contributed by atoms with Crippen molar-refractivity contribution in [3.63, 3.8) is 0 Å². The third-order valence-corrected chi connectivity index (χ3v) is 8.39. The standard InChI is InChI=1S/C28H32N2O4S2/c1-18-6-12-23(35-18)16-20-7-13-24-25(17-20)36-27(21-8-10-22(33-5)11-9-21)26(34-19(2)31)28(32)30(24)15-14-29(3)4/h6-13,17,26-27H,14-16H2,1-5H3/t26-,27+/m1/s1. The van der Waals surface area contributed by atoms with Crippen LogP contribution in [0.3, 0.4) is 0 Å². The van der Waals surface area contributed by atoms with E-state index in [1.165, 1.54) is 22.2 Å². The number of amides is 1. The highest BCUT2D eigenvalue weighted by molar-refractivity contribution is 7.99. The van der Waals surface area contributed by atoms with E-state index in [1.807, 2.05) is 49.3 Å². The summed E-state index contributed by atoms with van der Waals surface area (Å²) in [6.07, 6.45) is -0.114. The first-order valence-corrected chi connectivity index (χ1v) is 13.6. The number of anilines is 1. The molecule has 2 aromatic carbocycles. The Morgan fingerprint density at radius 3 is 2.44 bits per heavy atom. The van der Waals surface area contributed by atoms with E-state index in [-0.39, 0.29) is 5.91 Å². The van der Waals surface area contributed by atoms with Gasteiger partial charge in [-0.15, -0.1) is 23.1 Å². The van der Waals surface area contributed by atoms with Crippen LogP contribution in [0.4, 0.5) is 5.69 Å². The SMILES string of the molecule is COc1ccc([C@@H]2Sc3cc(Cc4ccc(C)s4)ccc3N(CCN(C)C)C(=O)[C@@H]2OC(C)=O)cc1. The van der Waals surface area contributed by atoms with Gasteiger partial charge in [-0.1, -0.05) is 18.2 Å². The number of methoxy groups -OCH3 is 1. The minimum Gasteiger partial charge on any atom is -0.497 e. The largest absolute Gasteiger partial charge is 0.497 e. The second-order valence-electron chi connectivity index (χ2n) is 9.13. The fourth-order valence-electron chi connectivity index (χ4n) is 4.23. The van der Waals surface area contributed by atoms with E-state index in [2.05, 4.69) is 31.2 Å². The van der Waals surface area contributed by atoms with Crippen LogP contribution in [0.15, 0.2) is 59.5 Å². The molecule has 2 atom stereocenters. The molecule has 0 spiro atoms. The highest BCUT2D eigenvalue weighted by atomic mass is 32.2. The highest BCUT2D eigenvalue weighted by Crippen LogP contribution is 2.47. The number of hydrogen-bond acceptors (Lipinski definition) is 7. The summed E-state index contributed by atoms with van der Waals surface area (Å²) in [7, 11) is 5.58. The maximum atomic E-state index is 13.9. The Bertz CT molecular complexity index is 1220. The Labute approximate surface area is 221 Å². The van der Waals surface area contributed by atoms with Gasteiger partial charge in [0.25, 0.3) is 5.91 Å². The Balaban J connectivity index is 1.78. The average Bonchev–Trinajstić information content (AvgIpc) is 3.21. The van der Waals surface area contributed by atoms with Crippen molar-refractivity contribution < 1.29 is 19.1 Å². The van der Waals surface area contributed by atoms with Crippen molar-refractivity contribution in [2.24, 2.45) is 0 Å². The molecule has 1 aromatic heterocycles. The predicted octanol–water partition coefficient (Wildman–Crippen LogP) is 5.33. The van der Waals surface area contributed by atoms with E-state index in [0.717, 1.165) is 28.3 Å². The smallest absolute Gasteiger partial charge is 0.303 e. The van der Waals surface area contributed by atoms with Crippen molar-refractivity contribution in [2.75, 3.05) is 39.2 Å². The zero-order valence-corrected chi connectivity index (χ0v) is 22.9. The van der Waals surface area contributed by atoms with Crippen molar-refractivity contribution in [2.45, 2.75) is 36.5 Å². The molecule has 0 aliphatic carbocycles. The van der Waals surface area contributed by atoms with Crippen molar-refractivity contribution in [1.29, 1.82) is 0 Å². The number of ether oxygens (including phenoxy) is 2. The number of rotatable bonds is 8. The fourth-order valence-corrected chi connectivity index (χ4v) is 6.53. The van der Waals surface area contributed by atoms with Crippen LogP contribution >= 0.6 is 23.1 Å². The lowest BCUT2D eigenvalue weighted by atomic mass is 10.0. The quantitative estimate of drug-likeness (QED) is 0.371. The van der Waals surface area contributed by atoms with Crippen LogP contribution < -0.4 is 9.64 Å². The fraction of sp³-hybridized carbons (Fsp3) is 0.357. The Morgan fingerprint density at radius 1 is 1.08 bits per heavy atom. The van der Waals surface area contributed by atoms with Gasteiger partial charge in [0, 0.05) is 41.1 Å². The van der Waals surface area contributed by atoms with Crippen LogP contribution in [0.1, 0.15) is 33.1 Å². The molecule has 0 bridgehead atoms. The molecule has 0 saturated heterocycles. The lowest BCUT2D eigenvalue weighted by molar-refractivity contribution is -0.152. The van der Waals surface area contributed by atoms with Crippen LogP contribution in [0, 0.1) is 6.92 Å². The Morgan fingerprint density at radius 2 is 1.83 bits per heavy atom. The summed E-state index contributed by atoms with van der Waals surface area (Å²) in [4.78, 5) is 33.5. The molecule has 1 aliphatic heterocycles. The molecule has 1 aliphatic rings. The number of nitrogens with zero attached hydrogens (tertiary/aromatic N) is 2. The molecule has 3 aromatic rings. The molecule has 0 N–H and O–H groups in total. The monoisotopic (exact) mass is 524 g/mol. The molecule has 0 fully saturated rings. The summed E-state index contributed by atoms with van der Waals surface area (Å²) in [5.41, 5.74) is 2.94. The normalized spacial score (nSPS) is 17.6. The maximum Gasteiger partial charge on any atom is 0.303 e. The molecule has 0 saturated carbocycles. The van der Waals surface area contributed by atoms with Gasteiger partial charge in [0.15, 0.2) is 6.10 Å². The predicted molar refractivity (Wildman–Crippen MR) is 146 cm³/mol. The second kappa shape index (κ2) is 11.5. The number of thioether (sulfide) groups is 1. The van der Waals surface area contributed by atoms with Gasteiger partial charge < -0.3 is 19.3 Å². The zero-order chi connectivity index (χ0) is 25.8. The van der Waals surface area contributed by atoms with Gasteiger partial charge in [-0.05, 0) is 68.5 Å². The van der Waals surface area contributed by atoms with E-state index in [9.17, 15) is 9.59 Å². The molecular weight excluding hydrogens is 492 g/mol. The van der Waals surface area contributed by atoms with Crippen LogP contribution in [-0.2, 0) is 20.7 Å². The molecule has 0 unspecified atom stereocenters. The lowest BCUT2D eigenvalue weighted by Crippen LogP contribution is -2.45. The van der Waals surface area contributed by atoms with Crippen LogP contribution in [0.2, 0.25) is 0 Å². The summed E-state index contributed by atoms with van der Waals surface area (Å²) in [6, 6.07) is 18.2. The van der Waals surface area contributed by atoms with Crippen LogP contribution in [0.5, 0.6) is 5.75 Å². The number of esters is 1. The molecule has 2 heterocycles. The van der Waals surface area contributed by atoms with E-state index in [0.29, 0.717) is 13.1 Å².